The summed E-state index contributed by atoms with van der Waals surface area (Å²) >= 11 is 0. The average Bonchev–Trinajstić information content (AvgIpc) is 2.74. The molecule has 3 rings (SSSR count). The highest BCUT2D eigenvalue weighted by Gasteiger charge is 2.21. The summed E-state index contributed by atoms with van der Waals surface area (Å²) in [4.78, 5) is 2.60. The quantitative estimate of drug-likeness (QED) is 0.520. The molecule has 0 unspecified atom stereocenters. The van der Waals surface area contributed by atoms with Crippen LogP contribution < -0.4 is 0 Å². The van der Waals surface area contributed by atoms with Crippen molar-refractivity contribution in [2.24, 2.45) is 0 Å². The highest BCUT2D eigenvalue weighted by Crippen LogP contribution is 2.34. The van der Waals surface area contributed by atoms with E-state index in [0.717, 1.165) is 13.1 Å². The summed E-state index contributed by atoms with van der Waals surface area (Å²) in [6, 6.07) is 1.35. The number of fused-ring (bicyclic) bond motifs is 1. The molecule has 0 aromatic carbocycles. The highest BCUT2D eigenvalue weighted by molar-refractivity contribution is 5.47. The van der Waals surface area contributed by atoms with E-state index in [4.69, 9.17) is 0 Å². The van der Waals surface area contributed by atoms with E-state index >= 15 is 0 Å². The number of hydrogen-bond acceptors (Lipinski definition) is 1. The van der Waals surface area contributed by atoms with Gasteiger partial charge in [-0.3, -0.25) is 0 Å². The maximum Gasteiger partial charge on any atom is 0.121 e. The fourth-order valence-electron chi connectivity index (χ4n) is 3.08. The molecule has 0 aromatic rings. The Morgan fingerprint density at radius 1 is 1.35 bits per heavy atom. The minimum absolute atomic E-state index is 1.08. The first kappa shape index (κ1) is 11.0. The zero-order valence-corrected chi connectivity index (χ0v) is 10.5. The molecule has 3 aliphatic rings. The molecule has 2 aliphatic heterocycles. The van der Waals surface area contributed by atoms with E-state index < -0.39 is 0 Å². The SMILES string of the molecule is C=[N+]1CCC2=C(CN3CCCCC3)[CH-]C=C[C-]21. The average molecular weight is 229 g/mol. The molecule has 1 aliphatic carbocycles. The van der Waals surface area contributed by atoms with Crippen LogP contribution in [0.5, 0.6) is 0 Å². The second-order valence-electron chi connectivity index (χ2n) is 5.27. The van der Waals surface area contributed by atoms with E-state index in [0.29, 0.717) is 0 Å². The van der Waals surface area contributed by atoms with E-state index in [9.17, 15) is 0 Å². The van der Waals surface area contributed by atoms with Gasteiger partial charge in [0.2, 0.25) is 0 Å². The summed E-state index contributed by atoms with van der Waals surface area (Å²) in [7, 11) is 0. The minimum atomic E-state index is 1.08. The lowest BCUT2D eigenvalue weighted by Gasteiger charge is -2.36. The first-order chi connectivity index (χ1) is 8.34. The number of piperidine rings is 1. The molecule has 2 heterocycles. The molecule has 0 saturated carbocycles. The number of nitrogens with zero attached hydrogens (tertiary/aromatic N) is 2. The molecule has 2 heteroatoms. The monoisotopic (exact) mass is 229 g/mol. The molecule has 2 nitrogen and oxygen atoms in total. The Kier molecular flexibility index (Phi) is 2.98. The van der Waals surface area contributed by atoms with Crippen molar-refractivity contribution in [2.75, 3.05) is 26.2 Å². The van der Waals surface area contributed by atoms with Gasteiger partial charge >= 0.3 is 0 Å². The van der Waals surface area contributed by atoms with E-state index in [1.807, 2.05) is 0 Å². The summed E-state index contributed by atoms with van der Waals surface area (Å²) < 4.78 is 2.13. The molecule has 0 N–H and O–H groups in total. The normalized spacial score (nSPS) is 25.2. The van der Waals surface area contributed by atoms with Gasteiger partial charge in [0.1, 0.15) is 6.54 Å². The smallest absolute Gasteiger partial charge is 0.121 e. The summed E-state index contributed by atoms with van der Waals surface area (Å²) in [6.45, 7) is 8.85. The Morgan fingerprint density at radius 3 is 3.00 bits per heavy atom. The number of rotatable bonds is 2. The van der Waals surface area contributed by atoms with Crippen LogP contribution in [0.1, 0.15) is 25.7 Å². The van der Waals surface area contributed by atoms with Crippen LogP contribution >= 0.6 is 0 Å². The van der Waals surface area contributed by atoms with Crippen LogP contribution in [-0.4, -0.2) is 42.4 Å². The summed E-state index contributed by atoms with van der Waals surface area (Å²) in [5.41, 5.74) is 3.06. The largest absolute Gasteiger partial charge is 0.310 e. The number of allylic oxidation sites excluding steroid dienone is 1. The van der Waals surface area contributed by atoms with Gasteiger partial charge in [0.15, 0.2) is 0 Å². The van der Waals surface area contributed by atoms with Gasteiger partial charge in [-0.05, 0) is 38.9 Å². The third-order valence-corrected chi connectivity index (χ3v) is 4.06. The van der Waals surface area contributed by atoms with Crippen molar-refractivity contribution < 1.29 is 4.58 Å². The van der Waals surface area contributed by atoms with Gasteiger partial charge in [0, 0.05) is 6.04 Å². The fourth-order valence-corrected chi connectivity index (χ4v) is 3.08. The molecule has 92 valence electrons. The molecule has 2 fully saturated rings. The number of likely N-dealkylation sites (tertiary alicyclic amines) is 1. The molecule has 0 spiro atoms. The van der Waals surface area contributed by atoms with Crippen molar-refractivity contribution in [3.05, 3.63) is 35.8 Å². The lowest BCUT2D eigenvalue weighted by molar-refractivity contribution is -0.475. The first-order valence-electron chi connectivity index (χ1n) is 6.76. The number of hydrogen-bond donors (Lipinski definition) is 0. The van der Waals surface area contributed by atoms with Crippen LogP contribution in [0.4, 0.5) is 0 Å². The van der Waals surface area contributed by atoms with Crippen LogP contribution in [0.3, 0.4) is 0 Å². The van der Waals surface area contributed by atoms with E-state index in [1.54, 1.807) is 0 Å². The van der Waals surface area contributed by atoms with Crippen LogP contribution in [0.25, 0.3) is 0 Å². The maximum atomic E-state index is 4.09. The molecule has 0 bridgehead atoms. The van der Waals surface area contributed by atoms with Crippen molar-refractivity contribution in [2.45, 2.75) is 25.7 Å². The van der Waals surface area contributed by atoms with Gasteiger partial charge in [-0.25, -0.2) is 18.1 Å². The lowest BCUT2D eigenvalue weighted by Crippen LogP contribution is -2.32. The Hall–Kier alpha value is -1.15. The third-order valence-electron chi connectivity index (χ3n) is 4.06. The third kappa shape index (κ3) is 2.14. The molecule has 0 radical (unpaired) electrons. The van der Waals surface area contributed by atoms with Crippen LogP contribution in [0.2, 0.25) is 0 Å². The molecule has 0 atom stereocenters. The van der Waals surface area contributed by atoms with Crippen molar-refractivity contribution in [1.29, 1.82) is 0 Å². The van der Waals surface area contributed by atoms with E-state index in [2.05, 4.69) is 34.8 Å². The fraction of sp³-hybridized carbons (Fsp3) is 0.533. The van der Waals surface area contributed by atoms with E-state index in [1.165, 1.54) is 56.0 Å². The maximum absolute atomic E-state index is 4.09. The Labute approximate surface area is 104 Å². The predicted molar refractivity (Wildman–Crippen MR) is 70.9 cm³/mol. The van der Waals surface area contributed by atoms with Crippen LogP contribution in [-0.2, 0) is 0 Å². The van der Waals surface area contributed by atoms with Gasteiger partial charge in [-0.2, -0.15) is 11.6 Å². The Morgan fingerprint density at radius 2 is 2.18 bits per heavy atom. The lowest BCUT2D eigenvalue weighted by atomic mass is 9.92. The summed E-state index contributed by atoms with van der Waals surface area (Å²) in [6.07, 6.45) is 12.0. The molecule has 17 heavy (non-hydrogen) atoms. The summed E-state index contributed by atoms with van der Waals surface area (Å²) in [5.74, 6) is 0. The van der Waals surface area contributed by atoms with Crippen molar-refractivity contribution in [3.63, 3.8) is 0 Å². The molecule has 2 saturated heterocycles. The van der Waals surface area contributed by atoms with Gasteiger partial charge in [0.25, 0.3) is 0 Å². The summed E-state index contributed by atoms with van der Waals surface area (Å²) in [5, 5.41) is 0. The zero-order chi connectivity index (χ0) is 11.7. The second-order valence-corrected chi connectivity index (χ2v) is 5.27. The first-order valence-corrected chi connectivity index (χ1v) is 6.76. The van der Waals surface area contributed by atoms with Gasteiger partial charge in [-0.15, -0.1) is 0 Å². The minimum Gasteiger partial charge on any atom is -0.310 e. The predicted octanol–water partition coefficient (Wildman–Crippen LogP) is 2.19. The topological polar surface area (TPSA) is 6.25 Å². The van der Waals surface area contributed by atoms with Crippen LogP contribution in [0, 0.1) is 12.5 Å². The Bertz CT molecular complexity index is 372. The van der Waals surface area contributed by atoms with Gasteiger partial charge < -0.3 is 9.48 Å². The molecule has 0 amide bonds. The highest BCUT2D eigenvalue weighted by atomic mass is 15.1. The Balaban J connectivity index is 1.73. The van der Waals surface area contributed by atoms with Crippen molar-refractivity contribution in [1.82, 2.24) is 4.90 Å². The molecular formula is C15H21N2-. The standard InChI is InChI=1S/C15H21N2/c1-16-11-8-14-13(6-5-7-15(14)16)12-17-9-3-2-4-10-17/h5-7H,1-4,8-12H2/q-1. The second kappa shape index (κ2) is 4.61. The zero-order valence-electron chi connectivity index (χ0n) is 10.5. The van der Waals surface area contributed by atoms with Crippen LogP contribution in [0.15, 0.2) is 23.3 Å². The van der Waals surface area contributed by atoms with Crippen molar-refractivity contribution >= 4 is 6.72 Å². The molecule has 0 aromatic heterocycles. The van der Waals surface area contributed by atoms with Gasteiger partial charge in [-0.1, -0.05) is 6.42 Å². The van der Waals surface area contributed by atoms with Crippen molar-refractivity contribution in [3.8, 4) is 0 Å². The molecular weight excluding hydrogens is 208 g/mol. The van der Waals surface area contributed by atoms with Gasteiger partial charge in [0.05, 0.1) is 6.72 Å². The van der Waals surface area contributed by atoms with E-state index in [-0.39, 0.29) is 0 Å².